The third-order valence-corrected chi connectivity index (χ3v) is 4.53. The zero-order valence-corrected chi connectivity index (χ0v) is 14.5. The molecular formula is C18H18N4O2S. The summed E-state index contributed by atoms with van der Waals surface area (Å²) in [6.07, 6.45) is 0. The normalized spacial score (nSPS) is 10.4. The second-order valence-corrected chi connectivity index (χ2v) is 6.36. The van der Waals surface area contributed by atoms with Crippen LogP contribution in [0.3, 0.4) is 0 Å². The average Bonchev–Trinajstić information content (AvgIpc) is 3.05. The van der Waals surface area contributed by atoms with Gasteiger partial charge in [0, 0.05) is 17.8 Å². The summed E-state index contributed by atoms with van der Waals surface area (Å²) in [5, 5.41) is 8.77. The molecule has 0 aliphatic heterocycles. The molecule has 25 heavy (non-hydrogen) atoms. The topological polar surface area (TPSA) is 83.1 Å². The first kappa shape index (κ1) is 16.9. The van der Waals surface area contributed by atoms with Gasteiger partial charge in [0.2, 0.25) is 5.91 Å². The third kappa shape index (κ3) is 4.33. The highest BCUT2D eigenvalue weighted by Gasteiger charge is 2.08. The summed E-state index contributed by atoms with van der Waals surface area (Å²) in [5.41, 5.74) is 2.54. The van der Waals surface area contributed by atoms with E-state index in [0.717, 1.165) is 20.8 Å². The zero-order chi connectivity index (χ0) is 17.6. The van der Waals surface area contributed by atoms with Crippen molar-refractivity contribution in [1.29, 1.82) is 0 Å². The van der Waals surface area contributed by atoms with E-state index in [4.69, 9.17) is 0 Å². The van der Waals surface area contributed by atoms with Crippen LogP contribution in [0.4, 0.5) is 10.5 Å². The minimum absolute atomic E-state index is 0.0583. The largest absolute Gasteiger partial charge is 0.355 e. The first-order valence-electron chi connectivity index (χ1n) is 7.93. The maximum absolute atomic E-state index is 11.9. The van der Waals surface area contributed by atoms with E-state index in [-0.39, 0.29) is 12.5 Å². The average molecular weight is 354 g/mol. The molecule has 0 spiro atoms. The summed E-state index contributed by atoms with van der Waals surface area (Å²) in [4.78, 5) is 27.9. The molecule has 0 radical (unpaired) electrons. The van der Waals surface area contributed by atoms with Gasteiger partial charge in [-0.3, -0.25) is 4.79 Å². The van der Waals surface area contributed by atoms with Crippen LogP contribution in [0, 0.1) is 0 Å². The molecule has 3 aromatic rings. The Kier molecular flexibility index (Phi) is 5.25. The maximum atomic E-state index is 11.9. The van der Waals surface area contributed by atoms with Crippen LogP contribution in [0.15, 0.2) is 48.5 Å². The Labute approximate surface area is 149 Å². The first-order valence-corrected chi connectivity index (χ1v) is 8.75. The van der Waals surface area contributed by atoms with Crippen LogP contribution >= 0.6 is 11.3 Å². The summed E-state index contributed by atoms with van der Waals surface area (Å²) in [7, 11) is 0. The fraction of sp³-hybridized carbons (Fsp3) is 0.167. The number of urea groups is 1. The van der Waals surface area contributed by atoms with Crippen LogP contribution < -0.4 is 16.0 Å². The lowest BCUT2D eigenvalue weighted by Crippen LogP contribution is -2.38. The molecule has 0 saturated carbocycles. The molecule has 2 aromatic carbocycles. The molecule has 0 bridgehead atoms. The molecule has 3 amide bonds. The summed E-state index contributed by atoms with van der Waals surface area (Å²) in [6.45, 7) is 2.30. The third-order valence-electron chi connectivity index (χ3n) is 3.44. The SMILES string of the molecule is CCNC(=O)CNC(=O)Nc1cccc(-c2nc3ccccc3s2)c1. The van der Waals surface area contributed by atoms with Crippen molar-refractivity contribution in [3.05, 3.63) is 48.5 Å². The molecule has 0 fully saturated rings. The van der Waals surface area contributed by atoms with Crippen molar-refractivity contribution in [2.24, 2.45) is 0 Å². The summed E-state index contributed by atoms with van der Waals surface area (Å²) in [6, 6.07) is 15.0. The second kappa shape index (κ2) is 7.76. The van der Waals surface area contributed by atoms with Gasteiger partial charge in [-0.15, -0.1) is 11.3 Å². The Morgan fingerprint density at radius 2 is 1.92 bits per heavy atom. The van der Waals surface area contributed by atoms with Crippen LogP contribution in [0.5, 0.6) is 0 Å². The van der Waals surface area contributed by atoms with E-state index in [2.05, 4.69) is 20.9 Å². The highest BCUT2D eigenvalue weighted by molar-refractivity contribution is 7.21. The molecule has 1 aromatic heterocycles. The molecule has 0 aliphatic carbocycles. The molecule has 0 unspecified atom stereocenters. The van der Waals surface area contributed by atoms with Crippen LogP contribution in [-0.4, -0.2) is 30.0 Å². The number of rotatable bonds is 5. The number of hydrogen-bond donors (Lipinski definition) is 3. The summed E-state index contributed by atoms with van der Waals surface area (Å²) >= 11 is 1.61. The predicted molar refractivity (Wildman–Crippen MR) is 101 cm³/mol. The molecule has 128 valence electrons. The van der Waals surface area contributed by atoms with Gasteiger partial charge in [0.25, 0.3) is 0 Å². The number of fused-ring (bicyclic) bond motifs is 1. The van der Waals surface area contributed by atoms with E-state index in [1.807, 2.05) is 49.4 Å². The Hall–Kier alpha value is -2.93. The standard InChI is InChI=1S/C18H18N4O2S/c1-2-19-16(23)11-20-18(24)21-13-7-5-6-12(10-13)17-22-14-8-3-4-9-15(14)25-17/h3-10H,2,11H2,1H3,(H,19,23)(H2,20,21,24). The Morgan fingerprint density at radius 3 is 2.72 bits per heavy atom. The lowest BCUT2D eigenvalue weighted by molar-refractivity contribution is -0.119. The van der Waals surface area contributed by atoms with Crippen molar-refractivity contribution in [1.82, 2.24) is 15.6 Å². The van der Waals surface area contributed by atoms with Gasteiger partial charge in [-0.1, -0.05) is 24.3 Å². The van der Waals surface area contributed by atoms with Gasteiger partial charge in [-0.05, 0) is 31.2 Å². The number of nitrogens with one attached hydrogen (secondary N) is 3. The quantitative estimate of drug-likeness (QED) is 0.658. The van der Waals surface area contributed by atoms with E-state index < -0.39 is 6.03 Å². The number of benzene rings is 2. The van der Waals surface area contributed by atoms with Crippen LogP contribution in [0.2, 0.25) is 0 Å². The number of carbonyl (C=O) groups excluding carboxylic acids is 2. The number of carbonyl (C=O) groups is 2. The number of para-hydroxylation sites is 1. The number of nitrogens with zero attached hydrogens (tertiary/aromatic N) is 1. The van der Waals surface area contributed by atoms with Gasteiger partial charge >= 0.3 is 6.03 Å². The van der Waals surface area contributed by atoms with Crippen molar-refractivity contribution in [2.75, 3.05) is 18.4 Å². The zero-order valence-electron chi connectivity index (χ0n) is 13.7. The number of aromatic nitrogens is 1. The number of amides is 3. The molecule has 0 aliphatic rings. The van der Waals surface area contributed by atoms with Gasteiger partial charge in [0.1, 0.15) is 5.01 Å². The highest BCUT2D eigenvalue weighted by Crippen LogP contribution is 2.31. The van der Waals surface area contributed by atoms with Crippen molar-refractivity contribution in [3.63, 3.8) is 0 Å². The molecule has 0 atom stereocenters. The van der Waals surface area contributed by atoms with Gasteiger partial charge < -0.3 is 16.0 Å². The van der Waals surface area contributed by atoms with Gasteiger partial charge in [-0.25, -0.2) is 9.78 Å². The van der Waals surface area contributed by atoms with E-state index in [1.54, 1.807) is 17.4 Å². The Balaban J connectivity index is 1.69. The predicted octanol–water partition coefficient (Wildman–Crippen LogP) is 3.22. The number of hydrogen-bond acceptors (Lipinski definition) is 4. The fourth-order valence-corrected chi connectivity index (χ4v) is 3.28. The van der Waals surface area contributed by atoms with Crippen molar-refractivity contribution < 1.29 is 9.59 Å². The minimum atomic E-state index is -0.423. The monoisotopic (exact) mass is 354 g/mol. The van der Waals surface area contributed by atoms with Gasteiger partial charge in [0.15, 0.2) is 0 Å². The molecule has 0 saturated heterocycles. The molecular weight excluding hydrogens is 336 g/mol. The van der Waals surface area contributed by atoms with E-state index >= 15 is 0 Å². The van der Waals surface area contributed by atoms with Crippen molar-refractivity contribution in [3.8, 4) is 10.6 Å². The van der Waals surface area contributed by atoms with Crippen molar-refractivity contribution >= 4 is 39.2 Å². The molecule has 3 N–H and O–H groups in total. The van der Waals surface area contributed by atoms with Gasteiger partial charge in [0.05, 0.1) is 16.8 Å². The Morgan fingerprint density at radius 1 is 1.08 bits per heavy atom. The molecule has 6 nitrogen and oxygen atoms in total. The number of anilines is 1. The van der Waals surface area contributed by atoms with Crippen LogP contribution in [0.1, 0.15) is 6.92 Å². The number of likely N-dealkylation sites (N-methyl/N-ethyl adjacent to an activating group) is 1. The summed E-state index contributed by atoms with van der Waals surface area (Å²) in [5.74, 6) is -0.221. The first-order chi connectivity index (χ1) is 12.2. The lowest BCUT2D eigenvalue weighted by Gasteiger charge is -2.08. The van der Waals surface area contributed by atoms with E-state index in [1.165, 1.54) is 0 Å². The highest BCUT2D eigenvalue weighted by atomic mass is 32.1. The number of thiazole rings is 1. The van der Waals surface area contributed by atoms with E-state index in [0.29, 0.717) is 12.2 Å². The lowest BCUT2D eigenvalue weighted by atomic mass is 10.2. The Bertz CT molecular complexity index is 874. The smallest absolute Gasteiger partial charge is 0.319 e. The molecule has 1 heterocycles. The second-order valence-electron chi connectivity index (χ2n) is 5.33. The van der Waals surface area contributed by atoms with Crippen LogP contribution in [-0.2, 0) is 4.79 Å². The minimum Gasteiger partial charge on any atom is -0.355 e. The maximum Gasteiger partial charge on any atom is 0.319 e. The van der Waals surface area contributed by atoms with Gasteiger partial charge in [-0.2, -0.15) is 0 Å². The summed E-state index contributed by atoms with van der Waals surface area (Å²) < 4.78 is 1.12. The van der Waals surface area contributed by atoms with E-state index in [9.17, 15) is 9.59 Å². The molecule has 3 rings (SSSR count). The molecule has 7 heteroatoms. The fourth-order valence-electron chi connectivity index (χ4n) is 2.32. The van der Waals surface area contributed by atoms with Crippen molar-refractivity contribution in [2.45, 2.75) is 6.92 Å². The van der Waals surface area contributed by atoms with Crippen LogP contribution in [0.25, 0.3) is 20.8 Å².